The van der Waals surface area contributed by atoms with Gasteiger partial charge in [-0.2, -0.15) is 0 Å². The minimum absolute atomic E-state index is 0.0000709. The van der Waals surface area contributed by atoms with Crippen LogP contribution in [-0.4, -0.2) is 107 Å². The number of ether oxygens (including phenoxy) is 1. The molecule has 1 heterocycles. The van der Waals surface area contributed by atoms with E-state index in [1.807, 2.05) is 0 Å². The quantitative estimate of drug-likeness (QED) is 0.146. The van der Waals surface area contributed by atoms with Gasteiger partial charge in [0.1, 0.15) is 0 Å². The molecule has 15 nitrogen and oxygen atoms in total. The Bertz CT molecular complexity index is 704. The monoisotopic (exact) mass is 586 g/mol. The van der Waals surface area contributed by atoms with Crippen LogP contribution in [0.25, 0.3) is 0 Å². The molecule has 0 radical (unpaired) electrons. The zero-order valence-corrected chi connectivity index (χ0v) is 24.2. The van der Waals surface area contributed by atoms with E-state index in [1.165, 1.54) is 33.5 Å². The van der Waals surface area contributed by atoms with Crippen LogP contribution in [0.3, 0.4) is 0 Å². The molecule has 228 valence electrons. The van der Waals surface area contributed by atoms with E-state index in [-0.39, 0.29) is 43.6 Å². The first-order valence-corrected chi connectivity index (χ1v) is 12.4. The van der Waals surface area contributed by atoms with Crippen LogP contribution in [0.5, 0.6) is 0 Å². The van der Waals surface area contributed by atoms with Gasteiger partial charge in [0.2, 0.25) is 11.1 Å². The highest BCUT2D eigenvalue weighted by Gasteiger charge is 2.31. The summed E-state index contributed by atoms with van der Waals surface area (Å²) >= 11 is 4.64. The highest BCUT2D eigenvalue weighted by molar-refractivity contribution is 6.62. The maximum atomic E-state index is 10.7. The normalized spacial score (nSPS) is 11.3. The molecule has 5 N–H and O–H groups in total. The van der Waals surface area contributed by atoms with Crippen molar-refractivity contribution in [1.29, 1.82) is 0 Å². The maximum absolute atomic E-state index is 10.7. The molecule has 39 heavy (non-hydrogen) atoms. The third kappa shape index (κ3) is 39.5. The van der Waals surface area contributed by atoms with Crippen LogP contribution in [-0.2, 0) is 43.1 Å². The highest BCUT2D eigenvalue weighted by atomic mass is 35.5. The summed E-state index contributed by atoms with van der Waals surface area (Å²) in [7, 11) is 0. The zero-order chi connectivity index (χ0) is 31.4. The largest absolute Gasteiger partial charge is 0.481 e. The molecule has 3 amide bonds. The van der Waals surface area contributed by atoms with Crippen molar-refractivity contribution in [1.82, 2.24) is 15.3 Å². The van der Waals surface area contributed by atoms with Crippen molar-refractivity contribution in [3.63, 3.8) is 0 Å². The molecular weight excluding hydrogens is 544 g/mol. The average Bonchev–Trinajstić information content (AvgIpc) is 3.14. The predicted octanol–water partition coefficient (Wildman–Crippen LogP) is 0.377. The number of carbonyl (C=O) groups is 7. The van der Waals surface area contributed by atoms with Gasteiger partial charge < -0.3 is 35.7 Å². The van der Waals surface area contributed by atoms with E-state index < -0.39 is 29.7 Å². The Labute approximate surface area is 233 Å². The summed E-state index contributed by atoms with van der Waals surface area (Å²) in [4.78, 5) is 77.3. The number of rotatable bonds is 11. The van der Waals surface area contributed by atoms with Crippen LogP contribution in [0.1, 0.15) is 60.8 Å². The molecule has 0 unspecified atom stereocenters. The van der Waals surface area contributed by atoms with Crippen LogP contribution in [0.15, 0.2) is 0 Å². The van der Waals surface area contributed by atoms with Gasteiger partial charge in [-0.1, -0.05) is 20.8 Å². The van der Waals surface area contributed by atoms with Gasteiger partial charge >= 0.3 is 17.9 Å². The molecule has 0 saturated carbocycles. The molecule has 0 aliphatic carbocycles. The van der Waals surface area contributed by atoms with Gasteiger partial charge in [0.05, 0.1) is 26.2 Å². The molecule has 16 heteroatoms. The lowest BCUT2D eigenvalue weighted by atomic mass is 10.4. The molecule has 0 aromatic rings. The first-order valence-electron chi connectivity index (χ1n) is 12.0. The van der Waals surface area contributed by atoms with Gasteiger partial charge in [-0.05, 0) is 31.2 Å². The lowest BCUT2D eigenvalue weighted by Gasteiger charge is -2.13. The standard InChI is InChI=1S/C7H13NO4.C6H7NO4.C6H15N.C2H3ClO.C2H5NO2/c1-6(9)8-3-5-12-4-2-7(10)11;1-4(8)11-7-5(9)2-3-6(7)10;1-4-7(5-2)6-3;1-2(3)4;3-1-2(4)5/h2-5H2,1H3,(H,8,9)(H,10,11);2-3H2,1H3;4-6H2,1-3H3;1H3;1,3H2,(H,4,5). The van der Waals surface area contributed by atoms with E-state index in [0.29, 0.717) is 18.2 Å². The van der Waals surface area contributed by atoms with E-state index in [1.54, 1.807) is 0 Å². The van der Waals surface area contributed by atoms with Gasteiger partial charge in [0.15, 0.2) is 0 Å². The van der Waals surface area contributed by atoms with Crippen molar-refractivity contribution < 1.29 is 53.3 Å². The van der Waals surface area contributed by atoms with E-state index >= 15 is 0 Å². The molecule has 1 saturated heterocycles. The minimum Gasteiger partial charge on any atom is -0.481 e. The molecule has 1 fully saturated rings. The van der Waals surface area contributed by atoms with Crippen molar-refractivity contribution in [3.8, 4) is 0 Å². The number of hydrogen-bond donors (Lipinski definition) is 4. The van der Waals surface area contributed by atoms with Gasteiger partial charge in [-0.25, -0.2) is 4.79 Å². The number of nitrogens with one attached hydrogen (secondary N) is 1. The molecule has 1 aliphatic heterocycles. The third-order valence-corrected chi connectivity index (χ3v) is 3.82. The van der Waals surface area contributed by atoms with Crippen LogP contribution >= 0.6 is 11.6 Å². The number of nitrogens with zero attached hydrogens (tertiary/aromatic N) is 2. The number of hydrogen-bond acceptors (Lipinski definition) is 11. The number of carboxylic acids is 2. The Hall–Kier alpha value is -3.14. The average molecular weight is 587 g/mol. The Kier molecular flexibility index (Phi) is 32.4. The Morgan fingerprint density at radius 2 is 1.33 bits per heavy atom. The molecule has 0 bridgehead atoms. The zero-order valence-electron chi connectivity index (χ0n) is 23.5. The summed E-state index contributed by atoms with van der Waals surface area (Å²) in [6.07, 6.45) is 0.262. The summed E-state index contributed by atoms with van der Waals surface area (Å²) in [5, 5.41) is 18.5. The van der Waals surface area contributed by atoms with E-state index in [2.05, 4.69) is 53.2 Å². The first-order chi connectivity index (χ1) is 18.1. The van der Waals surface area contributed by atoms with Crippen molar-refractivity contribution in [2.45, 2.75) is 60.8 Å². The number of imide groups is 1. The van der Waals surface area contributed by atoms with Crippen molar-refractivity contribution in [2.24, 2.45) is 5.73 Å². The first kappa shape index (κ1) is 42.9. The number of halogens is 1. The fourth-order valence-electron chi connectivity index (χ4n) is 2.02. The van der Waals surface area contributed by atoms with Gasteiger partial charge in [0, 0.05) is 40.2 Å². The fourth-order valence-corrected chi connectivity index (χ4v) is 2.02. The molecule has 1 rings (SSSR count). The lowest BCUT2D eigenvalue weighted by Crippen LogP contribution is -2.30. The molecule has 0 spiro atoms. The molecule has 1 aliphatic rings. The van der Waals surface area contributed by atoms with Crippen molar-refractivity contribution in [3.05, 3.63) is 0 Å². The molecule has 0 aromatic carbocycles. The number of hydroxylamine groups is 2. The summed E-state index contributed by atoms with van der Waals surface area (Å²) in [5.74, 6) is -3.53. The highest BCUT2D eigenvalue weighted by Crippen LogP contribution is 2.11. The van der Waals surface area contributed by atoms with E-state index in [4.69, 9.17) is 14.9 Å². The van der Waals surface area contributed by atoms with Crippen LogP contribution < -0.4 is 11.1 Å². The number of aliphatic carboxylic acids is 2. The van der Waals surface area contributed by atoms with Gasteiger partial charge in [-0.15, -0.1) is 5.06 Å². The Balaban J connectivity index is -0.000000208. The van der Waals surface area contributed by atoms with Crippen molar-refractivity contribution in [2.75, 3.05) is 45.9 Å². The molecule has 0 atom stereocenters. The second-order valence-electron chi connectivity index (χ2n) is 7.09. The molecular formula is C23H43ClN4O11. The van der Waals surface area contributed by atoms with Crippen LogP contribution in [0.2, 0.25) is 0 Å². The summed E-state index contributed by atoms with van der Waals surface area (Å²) < 4.78 is 4.90. The van der Waals surface area contributed by atoms with E-state index in [9.17, 15) is 33.6 Å². The number of nitrogens with two attached hydrogens (primary N) is 1. The summed E-state index contributed by atoms with van der Waals surface area (Å²) in [5.41, 5.74) is 4.57. The summed E-state index contributed by atoms with van der Waals surface area (Å²) in [6, 6.07) is 0. The topological polar surface area (TPSA) is 223 Å². The van der Waals surface area contributed by atoms with Crippen molar-refractivity contribution >= 4 is 52.5 Å². The minimum atomic E-state index is -0.968. The van der Waals surface area contributed by atoms with Crippen LogP contribution in [0, 0.1) is 0 Å². The maximum Gasteiger partial charge on any atom is 0.330 e. The Morgan fingerprint density at radius 1 is 0.923 bits per heavy atom. The van der Waals surface area contributed by atoms with E-state index in [0.717, 1.165) is 6.92 Å². The number of carbonyl (C=O) groups excluding carboxylic acids is 5. The van der Waals surface area contributed by atoms with Crippen LogP contribution in [0.4, 0.5) is 0 Å². The summed E-state index contributed by atoms with van der Waals surface area (Å²) in [6.45, 7) is 14.7. The smallest absolute Gasteiger partial charge is 0.330 e. The molecule has 0 aromatic heterocycles. The number of amides is 3. The van der Waals surface area contributed by atoms with Gasteiger partial charge in [0.25, 0.3) is 11.8 Å². The second kappa shape index (κ2) is 29.4. The fraction of sp³-hybridized carbons (Fsp3) is 0.696. The SMILES string of the molecule is CC(=O)Cl.CC(=O)NCCOCCC(=O)O.CC(=O)ON1C(=O)CCC1=O.CCN(CC)CC.NCC(=O)O. The lowest BCUT2D eigenvalue weighted by molar-refractivity contribution is -0.195. The third-order valence-electron chi connectivity index (χ3n) is 3.82. The Morgan fingerprint density at radius 3 is 1.59 bits per heavy atom. The van der Waals surface area contributed by atoms with Gasteiger partial charge in [-0.3, -0.25) is 28.8 Å². The second-order valence-corrected chi connectivity index (χ2v) is 7.62. The number of carboxylic acid groups (broad SMARTS) is 2. The predicted molar refractivity (Wildman–Crippen MR) is 141 cm³/mol.